The third-order valence-corrected chi connectivity index (χ3v) is 3.91. The summed E-state index contributed by atoms with van der Waals surface area (Å²) in [6, 6.07) is 5.45. The van der Waals surface area contributed by atoms with Crippen LogP contribution in [0.5, 0.6) is 0 Å². The van der Waals surface area contributed by atoms with Gasteiger partial charge in [0, 0.05) is 24.1 Å². The van der Waals surface area contributed by atoms with Crippen molar-refractivity contribution in [2.24, 2.45) is 5.73 Å². The van der Waals surface area contributed by atoms with Gasteiger partial charge in [0.2, 0.25) is 0 Å². The molecule has 0 aliphatic heterocycles. The fourth-order valence-corrected chi connectivity index (χ4v) is 2.87. The van der Waals surface area contributed by atoms with E-state index < -0.39 is 0 Å². The maximum Gasteiger partial charge on any atom is 0.262 e. The van der Waals surface area contributed by atoms with Crippen molar-refractivity contribution in [3.05, 3.63) is 39.3 Å². The number of rotatable bonds is 5. The van der Waals surface area contributed by atoms with Crippen LogP contribution in [0.25, 0.3) is 21.8 Å². The number of fused-ring (bicyclic) bond motifs is 3. The molecule has 0 amide bonds. The van der Waals surface area contributed by atoms with Crippen molar-refractivity contribution in [3.63, 3.8) is 0 Å². The summed E-state index contributed by atoms with van der Waals surface area (Å²) < 4.78 is 6.87. The summed E-state index contributed by atoms with van der Waals surface area (Å²) >= 11 is 6.11. The molecular weight excluding hydrogens is 304 g/mol. The van der Waals surface area contributed by atoms with Gasteiger partial charge < -0.3 is 15.0 Å². The van der Waals surface area contributed by atoms with E-state index in [4.69, 9.17) is 22.1 Å². The minimum absolute atomic E-state index is 0.0842. The Labute approximate surface area is 131 Å². The van der Waals surface area contributed by atoms with Crippen LogP contribution in [-0.2, 0) is 17.9 Å². The van der Waals surface area contributed by atoms with Gasteiger partial charge in [-0.25, -0.2) is 0 Å². The fourth-order valence-electron chi connectivity index (χ4n) is 2.70. The molecule has 0 saturated carbocycles. The highest BCUT2D eigenvalue weighted by Gasteiger charge is 2.17. The van der Waals surface area contributed by atoms with Crippen LogP contribution in [0.3, 0.4) is 0 Å². The Morgan fingerprint density at radius 1 is 1.45 bits per heavy atom. The van der Waals surface area contributed by atoms with Crippen molar-refractivity contribution >= 4 is 33.4 Å². The molecule has 2 aromatic heterocycles. The van der Waals surface area contributed by atoms with E-state index in [1.54, 1.807) is 17.7 Å². The molecule has 0 bridgehead atoms. The molecule has 116 valence electrons. The summed E-state index contributed by atoms with van der Waals surface area (Å²) in [7, 11) is 1.58. The van der Waals surface area contributed by atoms with Crippen LogP contribution >= 0.6 is 11.6 Å². The zero-order valence-corrected chi connectivity index (χ0v) is 13.0. The number of H-pyrrole nitrogens is 1. The van der Waals surface area contributed by atoms with E-state index in [0.29, 0.717) is 41.3 Å². The minimum Gasteiger partial charge on any atom is -0.378 e. The van der Waals surface area contributed by atoms with Crippen molar-refractivity contribution in [1.29, 1.82) is 0 Å². The molecule has 7 heteroatoms. The Kier molecular flexibility index (Phi) is 4.15. The van der Waals surface area contributed by atoms with E-state index in [-0.39, 0.29) is 5.56 Å². The number of benzene rings is 1. The number of nitrogens with two attached hydrogens (primary N) is 1. The number of nitrogens with one attached hydrogen (secondary N) is 1. The van der Waals surface area contributed by atoms with Gasteiger partial charge in [-0.05, 0) is 31.2 Å². The Morgan fingerprint density at radius 3 is 3.00 bits per heavy atom. The Balaban J connectivity index is 2.40. The summed E-state index contributed by atoms with van der Waals surface area (Å²) in [6.45, 7) is 1.38. The second kappa shape index (κ2) is 6.08. The van der Waals surface area contributed by atoms with E-state index >= 15 is 0 Å². The summed E-state index contributed by atoms with van der Waals surface area (Å²) in [5.74, 6) is 0. The topological polar surface area (TPSA) is 85.9 Å². The molecular formula is C15H17ClN4O2. The molecule has 0 unspecified atom stereocenters. The van der Waals surface area contributed by atoms with Crippen molar-refractivity contribution in [3.8, 4) is 0 Å². The molecule has 2 heterocycles. The maximum absolute atomic E-state index is 12.9. The van der Waals surface area contributed by atoms with E-state index in [1.165, 1.54) is 0 Å². The number of aromatic amines is 1. The number of ether oxygens (including phenoxy) is 1. The van der Waals surface area contributed by atoms with Crippen LogP contribution in [0.2, 0.25) is 5.02 Å². The van der Waals surface area contributed by atoms with Gasteiger partial charge in [-0.1, -0.05) is 11.6 Å². The van der Waals surface area contributed by atoms with Crippen molar-refractivity contribution in [2.45, 2.75) is 19.6 Å². The van der Waals surface area contributed by atoms with Crippen LogP contribution < -0.4 is 11.3 Å². The molecule has 6 nitrogen and oxygen atoms in total. The fraction of sp³-hybridized carbons (Fsp3) is 0.333. The van der Waals surface area contributed by atoms with E-state index in [9.17, 15) is 4.79 Å². The number of halogens is 1. The molecule has 0 fully saturated rings. The molecule has 3 rings (SSSR count). The minimum atomic E-state index is -0.0842. The number of aromatic nitrogens is 3. The summed E-state index contributed by atoms with van der Waals surface area (Å²) in [4.78, 5) is 12.9. The van der Waals surface area contributed by atoms with Gasteiger partial charge >= 0.3 is 0 Å². The lowest BCUT2D eigenvalue weighted by Gasteiger charge is -2.11. The predicted octanol–water partition coefficient (Wildman–Crippen LogP) is 2.03. The lowest BCUT2D eigenvalue weighted by atomic mass is 10.1. The van der Waals surface area contributed by atoms with Crippen molar-refractivity contribution in [2.75, 3.05) is 13.7 Å². The third kappa shape index (κ3) is 2.39. The first-order valence-electron chi connectivity index (χ1n) is 7.05. The van der Waals surface area contributed by atoms with Gasteiger partial charge in [0.15, 0.2) is 0 Å². The van der Waals surface area contributed by atoms with Crippen LogP contribution in [0.4, 0.5) is 0 Å². The highest BCUT2D eigenvalue weighted by molar-refractivity contribution is 6.31. The average Bonchev–Trinajstić information content (AvgIpc) is 2.92. The number of pyridine rings is 1. The highest BCUT2D eigenvalue weighted by atomic mass is 35.5. The lowest BCUT2D eigenvalue weighted by Crippen LogP contribution is -2.22. The Bertz CT molecular complexity index is 884. The first-order valence-corrected chi connectivity index (χ1v) is 7.43. The molecule has 0 aliphatic rings. The van der Waals surface area contributed by atoms with E-state index in [1.807, 2.05) is 12.1 Å². The van der Waals surface area contributed by atoms with Gasteiger partial charge in [0.25, 0.3) is 5.56 Å². The van der Waals surface area contributed by atoms with Gasteiger partial charge in [0.05, 0.1) is 23.2 Å². The summed E-state index contributed by atoms with van der Waals surface area (Å²) in [5.41, 5.74) is 7.61. The number of hydrogen-bond acceptors (Lipinski definition) is 4. The number of aryl methyl sites for hydroxylation is 1. The van der Waals surface area contributed by atoms with Gasteiger partial charge in [-0.15, -0.1) is 0 Å². The number of nitrogens with zero attached hydrogens (tertiary/aromatic N) is 2. The zero-order chi connectivity index (χ0) is 15.7. The normalized spacial score (nSPS) is 11.6. The second-order valence-corrected chi connectivity index (χ2v) is 5.56. The van der Waals surface area contributed by atoms with Crippen molar-refractivity contribution < 1.29 is 4.74 Å². The van der Waals surface area contributed by atoms with Gasteiger partial charge in [0.1, 0.15) is 5.52 Å². The first kappa shape index (κ1) is 15.0. The largest absolute Gasteiger partial charge is 0.378 e. The Hall–Kier alpha value is -1.89. The quantitative estimate of drug-likeness (QED) is 0.753. The van der Waals surface area contributed by atoms with Crippen LogP contribution in [0.1, 0.15) is 12.1 Å². The molecule has 1 aromatic carbocycles. The number of hydrogen-bond donors (Lipinski definition) is 2. The molecule has 0 atom stereocenters. The van der Waals surface area contributed by atoms with Crippen LogP contribution in [0, 0.1) is 0 Å². The highest BCUT2D eigenvalue weighted by Crippen LogP contribution is 2.26. The standard InChI is InChI=1S/C15H17ClN4O2/c1-22-8-11-13-14(19-18-11)10-7-9(16)3-4-12(10)20(15(13)21)6-2-5-17/h3-4,7H,2,5-6,8,17H2,1H3,(H,18,19). The molecule has 0 aliphatic carbocycles. The van der Waals surface area contributed by atoms with Gasteiger partial charge in [-0.2, -0.15) is 5.10 Å². The average molecular weight is 321 g/mol. The van der Waals surface area contributed by atoms with Crippen LogP contribution in [-0.4, -0.2) is 28.4 Å². The molecule has 3 N–H and O–H groups in total. The molecule has 22 heavy (non-hydrogen) atoms. The van der Waals surface area contributed by atoms with Crippen LogP contribution in [0.15, 0.2) is 23.0 Å². The van der Waals surface area contributed by atoms with Gasteiger partial charge in [-0.3, -0.25) is 9.89 Å². The monoisotopic (exact) mass is 320 g/mol. The maximum atomic E-state index is 12.9. The van der Waals surface area contributed by atoms with E-state index in [0.717, 1.165) is 17.3 Å². The SMILES string of the molecule is COCc1[nH]nc2c1c(=O)n(CCCN)c1ccc(Cl)cc21. The lowest BCUT2D eigenvalue weighted by molar-refractivity contribution is 0.182. The summed E-state index contributed by atoms with van der Waals surface area (Å²) in [6.07, 6.45) is 0.723. The zero-order valence-electron chi connectivity index (χ0n) is 12.2. The molecule has 0 saturated heterocycles. The smallest absolute Gasteiger partial charge is 0.262 e. The second-order valence-electron chi connectivity index (χ2n) is 5.12. The molecule has 3 aromatic rings. The van der Waals surface area contributed by atoms with E-state index in [2.05, 4.69) is 10.2 Å². The molecule has 0 spiro atoms. The Morgan fingerprint density at radius 2 is 2.27 bits per heavy atom. The molecule has 0 radical (unpaired) electrons. The third-order valence-electron chi connectivity index (χ3n) is 3.68. The van der Waals surface area contributed by atoms with Crippen molar-refractivity contribution in [1.82, 2.24) is 14.8 Å². The number of methoxy groups -OCH3 is 1. The first-order chi connectivity index (χ1) is 10.7. The predicted molar refractivity (Wildman–Crippen MR) is 87.3 cm³/mol. The summed E-state index contributed by atoms with van der Waals surface area (Å²) in [5, 5.41) is 9.18.